The van der Waals surface area contributed by atoms with E-state index in [1.165, 1.54) is 0 Å². The van der Waals surface area contributed by atoms with Gasteiger partial charge >= 0.3 is 0 Å². The smallest absolute Gasteiger partial charge is 0.254 e. The van der Waals surface area contributed by atoms with Crippen LogP contribution in [0.2, 0.25) is 0 Å². The van der Waals surface area contributed by atoms with E-state index in [0.717, 1.165) is 64.7 Å². The number of carbonyl (C=O) groups excluding carboxylic acids is 1. The van der Waals surface area contributed by atoms with Gasteiger partial charge < -0.3 is 23.7 Å². The minimum atomic E-state index is -3.58. The molecule has 1 unspecified atom stereocenters. The number of hydrogen-bond donors (Lipinski definition) is 0. The first-order chi connectivity index (χ1) is 26.3. The fourth-order valence-corrected chi connectivity index (χ4v) is 8.19. The number of benzene rings is 3. The highest BCUT2D eigenvalue weighted by molar-refractivity contribution is 7.94. The van der Waals surface area contributed by atoms with Crippen LogP contribution in [0.3, 0.4) is 0 Å². The monoisotopic (exact) mass is 796 g/mol. The third-order valence-electron chi connectivity index (χ3n) is 10.1. The minimum absolute atomic E-state index is 0.000152. The summed E-state index contributed by atoms with van der Waals surface area (Å²) < 4.78 is 68.9. The molecule has 0 spiro atoms. The van der Waals surface area contributed by atoms with E-state index in [4.69, 9.17) is 13.9 Å². The molecule has 13 heteroatoms. The van der Waals surface area contributed by atoms with Crippen LogP contribution in [-0.4, -0.2) is 110 Å². The molecule has 1 aliphatic heterocycles. The van der Waals surface area contributed by atoms with E-state index in [0.29, 0.717) is 23.3 Å². The van der Waals surface area contributed by atoms with E-state index in [-0.39, 0.29) is 62.2 Å². The lowest BCUT2D eigenvalue weighted by molar-refractivity contribution is 0.0597. The van der Waals surface area contributed by atoms with Gasteiger partial charge in [0.2, 0.25) is 5.36 Å². The number of fused-ring (bicyclic) bond motifs is 2. The summed E-state index contributed by atoms with van der Waals surface area (Å²) in [5.41, 5.74) is 4.76. The summed E-state index contributed by atoms with van der Waals surface area (Å²) in [7, 11) is -6.92. The summed E-state index contributed by atoms with van der Waals surface area (Å²) in [6.07, 6.45) is 0.642. The number of hydrogen-bond acceptors (Lipinski definition) is 9. The number of carbonyl (C=O) groups is 1. The second-order valence-corrected chi connectivity index (χ2v) is 17.8. The van der Waals surface area contributed by atoms with E-state index in [9.17, 15) is 21.6 Å². The van der Waals surface area contributed by atoms with Crippen molar-refractivity contribution in [3.05, 3.63) is 83.6 Å². The lowest BCUT2D eigenvalue weighted by Gasteiger charge is -2.30. The molecule has 1 atom stereocenters. The molecule has 4 rings (SSSR count). The average molecular weight is 797 g/mol. The van der Waals surface area contributed by atoms with Crippen molar-refractivity contribution < 1.29 is 35.5 Å². The standard InChI is InChI=1S/C42H58N3O8S2/c1-8-32(7)45(22-27-55(49,50)29-26-52-24-23-51-25-28-54(47,48)13-6)42(46)36-17-15-14-16-35(36)41-37-20-18-33(43(9-2)10-3)30-39(37)53-40-31-34(19-21-38(40)41)44(11-4)12-5/h13-21,30-32H,6,8-12,22-29H2,1-5,7H3/q+1. The first-order valence-corrected chi connectivity index (χ1v) is 22.8. The second kappa shape index (κ2) is 20.2. The highest BCUT2D eigenvalue weighted by atomic mass is 32.2. The Bertz CT molecular complexity index is 2170. The van der Waals surface area contributed by atoms with Crippen molar-refractivity contribution in [3.63, 3.8) is 0 Å². The van der Waals surface area contributed by atoms with Crippen LogP contribution in [-0.2, 0) is 29.1 Å². The van der Waals surface area contributed by atoms with Crippen molar-refractivity contribution in [2.24, 2.45) is 0 Å². The zero-order valence-electron chi connectivity index (χ0n) is 33.3. The molecule has 0 bridgehead atoms. The third kappa shape index (κ3) is 11.3. The predicted octanol–water partition coefficient (Wildman–Crippen LogP) is 6.11. The maximum atomic E-state index is 14.7. The van der Waals surface area contributed by atoms with Crippen LogP contribution >= 0.6 is 0 Å². The second-order valence-electron chi connectivity index (χ2n) is 13.4. The maximum Gasteiger partial charge on any atom is 0.254 e. The molecular formula is C42H58N3O8S2+. The molecule has 2 aromatic rings. The normalized spacial score (nSPS) is 12.5. The number of amides is 1. The summed E-state index contributed by atoms with van der Waals surface area (Å²) in [5, 5.41) is 2.82. The first-order valence-electron chi connectivity index (χ1n) is 19.3. The first kappa shape index (κ1) is 43.7. The number of rotatable bonds is 22. The van der Waals surface area contributed by atoms with E-state index in [2.05, 4.69) is 80.1 Å². The van der Waals surface area contributed by atoms with Crippen LogP contribution < -0.4 is 14.8 Å². The topological polar surface area (TPSA) is 126 Å². The zero-order chi connectivity index (χ0) is 40.2. The van der Waals surface area contributed by atoms with Crippen molar-refractivity contribution in [2.45, 2.75) is 54.0 Å². The Kier molecular flexibility index (Phi) is 16.1. The zero-order valence-corrected chi connectivity index (χ0v) is 34.9. The molecule has 1 amide bonds. The molecule has 0 fully saturated rings. The number of nitrogens with zero attached hydrogens (tertiary/aromatic N) is 3. The minimum Gasteiger partial charge on any atom is -0.456 e. The summed E-state index contributed by atoms with van der Waals surface area (Å²) in [6.45, 7) is 19.3. The third-order valence-corrected chi connectivity index (χ3v) is 12.9. The molecule has 0 aromatic heterocycles. The molecule has 11 nitrogen and oxygen atoms in total. The van der Waals surface area contributed by atoms with E-state index in [1.807, 2.05) is 38.1 Å². The van der Waals surface area contributed by atoms with Gasteiger partial charge in [-0.25, -0.2) is 21.4 Å². The van der Waals surface area contributed by atoms with Crippen LogP contribution in [0, 0.1) is 0 Å². The Balaban J connectivity index is 1.65. The highest BCUT2D eigenvalue weighted by Crippen LogP contribution is 2.42. The Hall–Kier alpha value is -4.04. The summed E-state index contributed by atoms with van der Waals surface area (Å²) >= 11 is 0. The molecule has 0 saturated carbocycles. The fourth-order valence-electron chi connectivity index (χ4n) is 6.62. The summed E-state index contributed by atoms with van der Waals surface area (Å²) in [5.74, 6) is -0.139. The van der Waals surface area contributed by atoms with Gasteiger partial charge in [0, 0.05) is 71.0 Å². The van der Waals surface area contributed by atoms with Gasteiger partial charge in [-0.3, -0.25) is 4.79 Å². The predicted molar refractivity (Wildman–Crippen MR) is 223 cm³/mol. The van der Waals surface area contributed by atoms with Gasteiger partial charge in [0.05, 0.1) is 49.8 Å². The molecule has 0 saturated heterocycles. The average Bonchev–Trinajstić information content (AvgIpc) is 3.18. The van der Waals surface area contributed by atoms with Crippen molar-refractivity contribution in [3.8, 4) is 22.5 Å². The summed E-state index contributed by atoms with van der Waals surface area (Å²) in [6, 6.07) is 19.8. The van der Waals surface area contributed by atoms with Crippen molar-refractivity contribution in [2.75, 3.05) is 81.3 Å². The molecule has 2 aliphatic rings. The van der Waals surface area contributed by atoms with Crippen LogP contribution in [0.5, 0.6) is 0 Å². The number of sulfone groups is 2. The molecule has 55 heavy (non-hydrogen) atoms. The molecule has 1 heterocycles. The molecule has 1 aliphatic carbocycles. The van der Waals surface area contributed by atoms with Gasteiger partial charge in [0.1, 0.15) is 24.4 Å². The van der Waals surface area contributed by atoms with Crippen LogP contribution in [0.15, 0.2) is 77.1 Å². The van der Waals surface area contributed by atoms with E-state index < -0.39 is 19.7 Å². The summed E-state index contributed by atoms with van der Waals surface area (Å²) in [4.78, 5) is 18.6. The van der Waals surface area contributed by atoms with E-state index in [1.54, 1.807) is 4.90 Å². The number of anilines is 1. The van der Waals surface area contributed by atoms with E-state index >= 15 is 0 Å². The lowest BCUT2D eigenvalue weighted by atomic mass is 9.90. The van der Waals surface area contributed by atoms with Gasteiger partial charge in [-0.1, -0.05) is 31.7 Å². The Morgan fingerprint density at radius 2 is 1.51 bits per heavy atom. The van der Waals surface area contributed by atoms with Crippen LogP contribution in [0.1, 0.15) is 58.3 Å². The van der Waals surface area contributed by atoms with Gasteiger partial charge in [0.15, 0.2) is 19.7 Å². The Morgan fingerprint density at radius 1 is 0.836 bits per heavy atom. The van der Waals surface area contributed by atoms with Crippen molar-refractivity contribution in [1.82, 2.24) is 9.48 Å². The van der Waals surface area contributed by atoms with Crippen LogP contribution in [0.25, 0.3) is 33.4 Å². The maximum absolute atomic E-state index is 14.7. The lowest BCUT2D eigenvalue weighted by Crippen LogP contribution is -2.42. The Morgan fingerprint density at radius 3 is 2.15 bits per heavy atom. The van der Waals surface area contributed by atoms with Gasteiger partial charge in [-0.15, -0.1) is 0 Å². The molecule has 2 aromatic carbocycles. The molecule has 0 radical (unpaired) electrons. The van der Waals surface area contributed by atoms with Gasteiger partial charge in [0.25, 0.3) is 5.91 Å². The molecule has 0 N–H and O–H groups in total. The fraction of sp³-hybridized carbons (Fsp3) is 0.476. The quantitative estimate of drug-likeness (QED) is 0.0526. The molecule has 300 valence electrons. The SMILES string of the molecule is C=CS(=O)(=O)CCOCCOCCS(=O)(=O)CCN(C(=O)c1ccccc1-c1c2ccc(=[N+](CC)CC)cc-2oc2cc(N(CC)CC)ccc12)C(C)CC. The molecular weight excluding hydrogens is 739 g/mol. The Labute approximate surface area is 327 Å². The largest absolute Gasteiger partial charge is 0.456 e. The van der Waals surface area contributed by atoms with Gasteiger partial charge in [-0.2, -0.15) is 0 Å². The van der Waals surface area contributed by atoms with Crippen molar-refractivity contribution in [1.29, 1.82) is 0 Å². The van der Waals surface area contributed by atoms with Crippen molar-refractivity contribution >= 4 is 42.2 Å². The highest BCUT2D eigenvalue weighted by Gasteiger charge is 2.28. The number of ether oxygens (including phenoxy) is 2. The van der Waals surface area contributed by atoms with Gasteiger partial charge in [-0.05, 0) is 70.9 Å². The van der Waals surface area contributed by atoms with Crippen LogP contribution in [0.4, 0.5) is 5.69 Å².